The van der Waals surface area contributed by atoms with Crippen LogP contribution in [0.25, 0.3) is 5.65 Å². The predicted molar refractivity (Wildman–Crippen MR) is 91.4 cm³/mol. The number of amides is 1. The Kier molecular flexibility index (Phi) is 4.85. The summed E-state index contributed by atoms with van der Waals surface area (Å²) in [5.41, 5.74) is -0.642. The molecule has 3 heterocycles. The van der Waals surface area contributed by atoms with Crippen LogP contribution in [-0.2, 0) is 19.3 Å². The van der Waals surface area contributed by atoms with E-state index in [0.717, 1.165) is 11.8 Å². The van der Waals surface area contributed by atoms with Gasteiger partial charge in [0, 0.05) is 25.5 Å². The Hall–Kier alpha value is -2.62. The zero-order valence-electron chi connectivity index (χ0n) is 14.7. The third-order valence-corrected chi connectivity index (χ3v) is 4.35. The summed E-state index contributed by atoms with van der Waals surface area (Å²) in [5.74, 6) is -0.611. The number of aromatic nitrogens is 5. The van der Waals surface area contributed by atoms with Crippen molar-refractivity contribution in [2.24, 2.45) is 0 Å². The maximum Gasteiger partial charge on any atom is 0.433 e. The first-order valence-corrected chi connectivity index (χ1v) is 8.40. The van der Waals surface area contributed by atoms with Crippen molar-refractivity contribution in [3.05, 3.63) is 46.1 Å². The average Bonchev–Trinajstić information content (AvgIpc) is 3.17. The van der Waals surface area contributed by atoms with Gasteiger partial charge < -0.3 is 4.90 Å². The van der Waals surface area contributed by atoms with Crippen LogP contribution < -0.4 is 0 Å². The van der Waals surface area contributed by atoms with Crippen LogP contribution in [0.15, 0.2) is 18.3 Å². The fourth-order valence-electron chi connectivity index (χ4n) is 2.73. The minimum Gasteiger partial charge on any atom is -0.334 e. The van der Waals surface area contributed by atoms with Crippen molar-refractivity contribution in [1.82, 2.24) is 29.3 Å². The number of hydrogen-bond acceptors (Lipinski definition) is 4. The molecule has 0 aliphatic rings. The van der Waals surface area contributed by atoms with E-state index >= 15 is 0 Å². The fraction of sp³-hybridized carbons (Fsp3) is 0.375. The Morgan fingerprint density at radius 2 is 2.07 bits per heavy atom. The second-order valence-corrected chi connectivity index (χ2v) is 6.36. The van der Waals surface area contributed by atoms with Crippen molar-refractivity contribution in [1.29, 1.82) is 0 Å². The summed E-state index contributed by atoms with van der Waals surface area (Å²) in [6.07, 6.45) is -3.06. The minimum absolute atomic E-state index is 0.121. The highest BCUT2D eigenvalue weighted by atomic mass is 35.5. The first kappa shape index (κ1) is 19.2. The highest BCUT2D eigenvalue weighted by Crippen LogP contribution is 2.32. The lowest BCUT2D eigenvalue weighted by molar-refractivity contribution is -0.142. The molecule has 3 aromatic rings. The number of hydrogen-bond donors (Lipinski definition) is 0. The molecule has 0 atom stereocenters. The molecule has 3 rings (SSSR count). The van der Waals surface area contributed by atoms with Crippen molar-refractivity contribution in [2.45, 2.75) is 33.1 Å². The lowest BCUT2D eigenvalue weighted by Crippen LogP contribution is -2.28. The van der Waals surface area contributed by atoms with Gasteiger partial charge in [0.2, 0.25) is 0 Å². The number of aryl methyl sites for hydroxylation is 2. The summed E-state index contributed by atoms with van der Waals surface area (Å²) in [4.78, 5) is 18.0. The van der Waals surface area contributed by atoms with E-state index in [4.69, 9.17) is 11.6 Å². The van der Waals surface area contributed by atoms with Crippen LogP contribution in [0.2, 0.25) is 5.02 Å². The second kappa shape index (κ2) is 6.84. The molecule has 1 amide bonds. The quantitative estimate of drug-likeness (QED) is 0.674. The summed E-state index contributed by atoms with van der Waals surface area (Å²) < 4.78 is 42.2. The smallest absolute Gasteiger partial charge is 0.334 e. The first-order valence-electron chi connectivity index (χ1n) is 8.02. The van der Waals surface area contributed by atoms with Crippen LogP contribution in [0.1, 0.15) is 34.5 Å². The van der Waals surface area contributed by atoms with E-state index in [2.05, 4.69) is 15.2 Å². The van der Waals surface area contributed by atoms with Crippen LogP contribution in [-0.4, -0.2) is 42.2 Å². The third kappa shape index (κ3) is 3.48. The van der Waals surface area contributed by atoms with E-state index in [9.17, 15) is 18.0 Å². The van der Waals surface area contributed by atoms with Crippen molar-refractivity contribution in [3.8, 4) is 0 Å². The first-order chi connectivity index (χ1) is 12.6. The van der Waals surface area contributed by atoms with Gasteiger partial charge in [-0.25, -0.2) is 9.50 Å². The van der Waals surface area contributed by atoms with Gasteiger partial charge in [0.1, 0.15) is 10.7 Å². The molecule has 0 saturated heterocycles. The summed E-state index contributed by atoms with van der Waals surface area (Å²) >= 11 is 6.15. The van der Waals surface area contributed by atoms with Crippen LogP contribution >= 0.6 is 11.6 Å². The standard InChI is InChI=1S/C16H16ClF3N6O/c1-4-25-10(5-6-21-25)8-24(3)15(27)13-12(17)14-22-9(2)7-11(16(18,19)20)26(14)23-13/h5-7H,4,8H2,1-3H3. The molecule has 0 fully saturated rings. The minimum atomic E-state index is -4.67. The molecule has 0 bridgehead atoms. The summed E-state index contributed by atoms with van der Waals surface area (Å²) in [6, 6.07) is 2.61. The van der Waals surface area contributed by atoms with Gasteiger partial charge in [-0.05, 0) is 26.0 Å². The molecule has 0 saturated carbocycles. The van der Waals surface area contributed by atoms with E-state index < -0.39 is 17.8 Å². The van der Waals surface area contributed by atoms with Crippen molar-refractivity contribution < 1.29 is 18.0 Å². The Morgan fingerprint density at radius 3 is 2.70 bits per heavy atom. The van der Waals surface area contributed by atoms with E-state index in [-0.39, 0.29) is 28.6 Å². The van der Waals surface area contributed by atoms with Crippen molar-refractivity contribution >= 4 is 23.2 Å². The number of carbonyl (C=O) groups excluding carboxylic acids is 1. The number of fused-ring (bicyclic) bond motifs is 1. The number of rotatable bonds is 4. The maximum atomic E-state index is 13.3. The van der Waals surface area contributed by atoms with Gasteiger partial charge in [0.25, 0.3) is 5.91 Å². The van der Waals surface area contributed by atoms with Gasteiger partial charge in [-0.2, -0.15) is 23.4 Å². The Bertz CT molecular complexity index is 1010. The third-order valence-electron chi connectivity index (χ3n) is 4.00. The number of nitrogens with zero attached hydrogens (tertiary/aromatic N) is 6. The van der Waals surface area contributed by atoms with E-state index in [0.29, 0.717) is 11.1 Å². The Balaban J connectivity index is 2.01. The largest absolute Gasteiger partial charge is 0.433 e. The average molecular weight is 401 g/mol. The molecule has 11 heteroatoms. The van der Waals surface area contributed by atoms with Crippen LogP contribution in [0, 0.1) is 6.92 Å². The topological polar surface area (TPSA) is 68.3 Å². The predicted octanol–water partition coefficient (Wildman–Crippen LogP) is 3.20. The van der Waals surface area contributed by atoms with Crippen LogP contribution in [0.5, 0.6) is 0 Å². The normalized spacial score (nSPS) is 12.0. The zero-order chi connectivity index (χ0) is 19.9. The molecule has 27 heavy (non-hydrogen) atoms. The molecule has 0 unspecified atom stereocenters. The Labute approximate surface area is 157 Å². The second-order valence-electron chi connectivity index (χ2n) is 5.98. The van der Waals surface area contributed by atoms with Gasteiger partial charge in [0.05, 0.1) is 12.2 Å². The fourth-order valence-corrected chi connectivity index (χ4v) is 2.97. The van der Waals surface area contributed by atoms with Gasteiger partial charge in [-0.1, -0.05) is 11.6 Å². The van der Waals surface area contributed by atoms with Crippen molar-refractivity contribution in [3.63, 3.8) is 0 Å². The molecule has 3 aromatic heterocycles. The van der Waals surface area contributed by atoms with E-state index in [1.165, 1.54) is 18.9 Å². The molecule has 0 N–H and O–H groups in total. The molecule has 0 aromatic carbocycles. The van der Waals surface area contributed by atoms with Gasteiger partial charge in [-0.15, -0.1) is 0 Å². The molecule has 0 aliphatic carbocycles. The monoisotopic (exact) mass is 400 g/mol. The van der Waals surface area contributed by atoms with Crippen LogP contribution in [0.4, 0.5) is 13.2 Å². The highest BCUT2D eigenvalue weighted by Gasteiger charge is 2.36. The lowest BCUT2D eigenvalue weighted by atomic mass is 10.3. The van der Waals surface area contributed by atoms with Crippen LogP contribution in [0.3, 0.4) is 0 Å². The molecular weight excluding hydrogens is 385 g/mol. The van der Waals surface area contributed by atoms with Gasteiger partial charge >= 0.3 is 6.18 Å². The Morgan fingerprint density at radius 1 is 1.37 bits per heavy atom. The van der Waals surface area contributed by atoms with Gasteiger partial charge in [-0.3, -0.25) is 9.48 Å². The number of halogens is 4. The summed E-state index contributed by atoms with van der Waals surface area (Å²) in [7, 11) is 1.51. The zero-order valence-corrected chi connectivity index (χ0v) is 15.5. The molecule has 7 nitrogen and oxygen atoms in total. The summed E-state index contributed by atoms with van der Waals surface area (Å²) in [5, 5.41) is 7.70. The molecule has 0 spiro atoms. The number of carbonyl (C=O) groups is 1. The molecular formula is C16H16ClF3N6O. The lowest BCUT2D eigenvalue weighted by Gasteiger charge is -2.16. The van der Waals surface area contributed by atoms with E-state index in [1.54, 1.807) is 16.9 Å². The SMILES string of the molecule is CCn1nccc1CN(C)C(=O)c1nn2c(C(F)(F)F)cc(C)nc2c1Cl. The van der Waals surface area contributed by atoms with Gasteiger partial charge in [0.15, 0.2) is 11.3 Å². The van der Waals surface area contributed by atoms with E-state index in [1.807, 2.05) is 6.92 Å². The summed E-state index contributed by atoms with van der Waals surface area (Å²) in [6.45, 7) is 4.15. The van der Waals surface area contributed by atoms with Crippen molar-refractivity contribution in [2.75, 3.05) is 7.05 Å². The number of alkyl halides is 3. The molecule has 0 aliphatic heterocycles. The molecule has 0 radical (unpaired) electrons. The highest BCUT2D eigenvalue weighted by molar-refractivity contribution is 6.36. The maximum absolute atomic E-state index is 13.3. The molecule has 144 valence electrons.